The van der Waals surface area contributed by atoms with Crippen molar-refractivity contribution in [2.45, 2.75) is 44.3 Å². The van der Waals surface area contributed by atoms with Gasteiger partial charge in [-0.1, -0.05) is 12.1 Å². The summed E-state index contributed by atoms with van der Waals surface area (Å²) in [4.78, 5) is 31.6. The van der Waals surface area contributed by atoms with Crippen LogP contribution in [0.1, 0.15) is 52.1 Å². The molecule has 2 amide bonds. The first-order valence-corrected chi connectivity index (χ1v) is 10.8. The lowest BCUT2D eigenvalue weighted by atomic mass is 10.1. The summed E-state index contributed by atoms with van der Waals surface area (Å²) in [5.74, 6) is 0.589. The fraction of sp³-hybridized carbons (Fsp3) is 0.318. The van der Waals surface area contributed by atoms with E-state index in [-0.39, 0.29) is 17.9 Å². The number of carbonyl (C=O) groups excluding carboxylic acids is 2. The predicted octanol–water partition coefficient (Wildman–Crippen LogP) is 4.10. The molecule has 0 bridgehead atoms. The van der Waals surface area contributed by atoms with Crippen molar-refractivity contribution < 1.29 is 14.0 Å². The van der Waals surface area contributed by atoms with Crippen LogP contribution in [-0.2, 0) is 6.54 Å². The van der Waals surface area contributed by atoms with E-state index in [2.05, 4.69) is 10.3 Å². The Morgan fingerprint density at radius 2 is 1.93 bits per heavy atom. The van der Waals surface area contributed by atoms with Gasteiger partial charge in [0.2, 0.25) is 0 Å². The van der Waals surface area contributed by atoms with E-state index in [0.717, 1.165) is 31.2 Å². The van der Waals surface area contributed by atoms with Crippen molar-refractivity contribution in [3.05, 3.63) is 64.9 Å². The van der Waals surface area contributed by atoms with Crippen molar-refractivity contribution in [2.75, 3.05) is 0 Å². The molecule has 1 aromatic carbocycles. The second-order valence-electron chi connectivity index (χ2n) is 7.62. The number of thiazole rings is 1. The molecule has 0 saturated heterocycles. The minimum absolute atomic E-state index is 0.0258. The van der Waals surface area contributed by atoms with Crippen LogP contribution < -0.4 is 5.32 Å². The number of hydrogen-bond acceptors (Lipinski definition) is 5. The lowest BCUT2D eigenvalue weighted by Crippen LogP contribution is -2.32. The molecule has 5 rings (SSSR count). The van der Waals surface area contributed by atoms with Crippen LogP contribution in [0.5, 0.6) is 0 Å². The molecule has 148 valence electrons. The Morgan fingerprint density at radius 3 is 2.59 bits per heavy atom. The average Bonchev–Trinajstić information content (AvgIpc) is 3.63. The summed E-state index contributed by atoms with van der Waals surface area (Å²) in [5.41, 5.74) is 2.12. The van der Waals surface area contributed by atoms with Gasteiger partial charge in [0, 0.05) is 29.6 Å². The molecule has 0 aliphatic heterocycles. The van der Waals surface area contributed by atoms with E-state index in [1.807, 2.05) is 41.3 Å². The molecule has 2 heterocycles. The molecule has 1 N–H and O–H groups in total. The summed E-state index contributed by atoms with van der Waals surface area (Å²) in [5, 5.41) is 5.49. The van der Waals surface area contributed by atoms with Crippen molar-refractivity contribution in [3.63, 3.8) is 0 Å². The van der Waals surface area contributed by atoms with Gasteiger partial charge < -0.3 is 14.6 Å². The Morgan fingerprint density at radius 1 is 1.14 bits per heavy atom. The Kier molecular flexibility index (Phi) is 4.67. The van der Waals surface area contributed by atoms with E-state index >= 15 is 0 Å². The molecule has 7 heteroatoms. The molecule has 2 aliphatic carbocycles. The second kappa shape index (κ2) is 7.48. The molecule has 3 aromatic rings. The summed E-state index contributed by atoms with van der Waals surface area (Å²) in [7, 11) is 0. The summed E-state index contributed by atoms with van der Waals surface area (Å²) in [6.45, 7) is 0.516. The molecular formula is C22H21N3O3S. The zero-order chi connectivity index (χ0) is 19.8. The number of hydrogen-bond donors (Lipinski definition) is 1. The van der Waals surface area contributed by atoms with Crippen LogP contribution in [0.25, 0.3) is 10.8 Å². The van der Waals surface area contributed by atoms with Gasteiger partial charge in [0.1, 0.15) is 5.69 Å². The van der Waals surface area contributed by atoms with Gasteiger partial charge >= 0.3 is 0 Å². The van der Waals surface area contributed by atoms with Gasteiger partial charge in [0.25, 0.3) is 11.8 Å². The molecule has 6 nitrogen and oxygen atoms in total. The zero-order valence-electron chi connectivity index (χ0n) is 15.8. The van der Waals surface area contributed by atoms with Gasteiger partial charge in [-0.2, -0.15) is 0 Å². The van der Waals surface area contributed by atoms with Crippen molar-refractivity contribution in [3.8, 4) is 10.8 Å². The third-order valence-corrected chi connectivity index (χ3v) is 6.04. The number of carbonyl (C=O) groups is 2. The third-order valence-electron chi connectivity index (χ3n) is 5.19. The Balaban J connectivity index is 1.29. The quantitative estimate of drug-likeness (QED) is 0.640. The second-order valence-corrected chi connectivity index (χ2v) is 8.48. The number of amides is 2. The van der Waals surface area contributed by atoms with E-state index in [9.17, 15) is 9.59 Å². The first-order chi connectivity index (χ1) is 14.2. The van der Waals surface area contributed by atoms with Crippen LogP contribution in [0.15, 0.2) is 52.5 Å². The maximum Gasteiger partial charge on any atom is 0.273 e. The van der Waals surface area contributed by atoms with Gasteiger partial charge in [0.15, 0.2) is 10.8 Å². The van der Waals surface area contributed by atoms with E-state index in [4.69, 9.17) is 4.42 Å². The summed E-state index contributed by atoms with van der Waals surface area (Å²) < 4.78 is 5.38. The van der Waals surface area contributed by atoms with Gasteiger partial charge in [0.05, 0.1) is 6.26 Å². The van der Waals surface area contributed by atoms with Crippen LogP contribution in [0.2, 0.25) is 0 Å². The van der Waals surface area contributed by atoms with Crippen LogP contribution in [-0.4, -0.2) is 33.8 Å². The Bertz CT molecular complexity index is 1020. The largest absolute Gasteiger partial charge is 0.462 e. The van der Waals surface area contributed by atoms with Crippen molar-refractivity contribution in [2.24, 2.45) is 0 Å². The van der Waals surface area contributed by atoms with Crippen LogP contribution >= 0.6 is 11.3 Å². The van der Waals surface area contributed by atoms with Crippen LogP contribution in [0.3, 0.4) is 0 Å². The summed E-state index contributed by atoms with van der Waals surface area (Å²) in [6, 6.07) is 11.8. The molecule has 0 atom stereocenters. The normalized spacial score (nSPS) is 15.9. The van der Waals surface area contributed by atoms with Crippen molar-refractivity contribution in [1.82, 2.24) is 15.2 Å². The summed E-state index contributed by atoms with van der Waals surface area (Å²) in [6.07, 6.45) is 5.77. The SMILES string of the molecule is O=C(NC1CC1)c1ccc(CN(C(=O)c2csc(-c3ccco3)n2)C2CC2)cc1. The maximum absolute atomic E-state index is 13.1. The van der Waals surface area contributed by atoms with Gasteiger partial charge in [-0.15, -0.1) is 11.3 Å². The highest BCUT2D eigenvalue weighted by atomic mass is 32.1. The molecular weight excluding hydrogens is 386 g/mol. The number of benzene rings is 1. The smallest absolute Gasteiger partial charge is 0.273 e. The molecule has 29 heavy (non-hydrogen) atoms. The zero-order valence-corrected chi connectivity index (χ0v) is 16.7. The lowest BCUT2D eigenvalue weighted by Gasteiger charge is -2.21. The highest BCUT2D eigenvalue weighted by molar-refractivity contribution is 7.13. The summed E-state index contributed by atoms with van der Waals surface area (Å²) >= 11 is 1.41. The van der Waals surface area contributed by atoms with Gasteiger partial charge in [-0.3, -0.25) is 9.59 Å². The first kappa shape index (κ1) is 18.1. The molecule has 2 saturated carbocycles. The minimum Gasteiger partial charge on any atom is -0.462 e. The number of furan rings is 1. The molecule has 0 spiro atoms. The first-order valence-electron chi connectivity index (χ1n) is 9.87. The third kappa shape index (κ3) is 4.10. The highest BCUT2D eigenvalue weighted by Crippen LogP contribution is 2.31. The van der Waals surface area contributed by atoms with Gasteiger partial charge in [-0.25, -0.2) is 4.98 Å². The van der Waals surface area contributed by atoms with Crippen LogP contribution in [0, 0.1) is 0 Å². The fourth-order valence-electron chi connectivity index (χ4n) is 3.24. The van der Waals surface area contributed by atoms with Crippen molar-refractivity contribution >= 4 is 23.2 Å². The van der Waals surface area contributed by atoms with Gasteiger partial charge in [-0.05, 0) is 55.5 Å². The molecule has 0 unspecified atom stereocenters. The standard InChI is InChI=1S/C22H21N3O3S/c26-20(23-16-7-8-16)15-5-3-14(4-6-15)12-25(17-9-10-17)22(27)18-13-29-21(24-18)19-2-1-11-28-19/h1-6,11,13,16-17H,7-10,12H2,(H,23,26). The van der Waals surface area contributed by atoms with Crippen molar-refractivity contribution in [1.29, 1.82) is 0 Å². The molecule has 2 fully saturated rings. The maximum atomic E-state index is 13.1. The minimum atomic E-state index is -0.0582. The highest BCUT2D eigenvalue weighted by Gasteiger charge is 2.34. The fourth-order valence-corrected chi connectivity index (χ4v) is 4.00. The average molecular weight is 407 g/mol. The predicted molar refractivity (Wildman–Crippen MR) is 110 cm³/mol. The Hall–Kier alpha value is -2.93. The van der Waals surface area contributed by atoms with E-state index in [0.29, 0.717) is 34.6 Å². The Labute approximate surface area is 172 Å². The number of nitrogens with one attached hydrogen (secondary N) is 1. The molecule has 2 aliphatic rings. The molecule has 0 radical (unpaired) electrons. The molecule has 2 aromatic heterocycles. The van der Waals surface area contributed by atoms with Crippen LogP contribution in [0.4, 0.5) is 0 Å². The van der Waals surface area contributed by atoms with E-state index in [1.54, 1.807) is 11.6 Å². The number of aromatic nitrogens is 1. The lowest BCUT2D eigenvalue weighted by molar-refractivity contribution is 0.0724. The number of nitrogens with zero attached hydrogens (tertiary/aromatic N) is 2. The number of rotatable bonds is 7. The van der Waals surface area contributed by atoms with E-state index in [1.165, 1.54) is 11.3 Å². The topological polar surface area (TPSA) is 75.4 Å². The monoisotopic (exact) mass is 407 g/mol. The van der Waals surface area contributed by atoms with E-state index < -0.39 is 0 Å².